The first-order valence-corrected chi connectivity index (χ1v) is 20.1. The molecule has 0 N–H and O–H groups in total. The Kier molecular flexibility index (Phi) is 6.23. The van der Waals surface area contributed by atoms with E-state index < -0.39 is 0 Å². The van der Waals surface area contributed by atoms with Gasteiger partial charge < -0.3 is 4.90 Å². The van der Waals surface area contributed by atoms with E-state index in [-0.39, 0.29) is 24.3 Å². The number of aryl methyl sites for hydroxylation is 2. The number of benzene rings is 6. The number of imidazole rings is 1. The van der Waals surface area contributed by atoms with Crippen LogP contribution in [-0.2, 0) is 10.8 Å². The summed E-state index contributed by atoms with van der Waals surface area (Å²) in [5, 5.41) is 0. The fraction of sp³-hybridized carbons (Fsp3) is 0.157. The topological polar surface area (TPSA) is 20.5 Å². The highest BCUT2D eigenvalue weighted by molar-refractivity contribution is 7.03. The summed E-state index contributed by atoms with van der Waals surface area (Å²) in [7, 11) is 0. The molecule has 0 atom stereocenters. The van der Waals surface area contributed by atoms with Gasteiger partial charge in [0.2, 0.25) is 13.4 Å². The molecule has 56 heavy (non-hydrogen) atoms. The minimum Gasteiger partial charge on any atom is -0.313 e. The van der Waals surface area contributed by atoms with Gasteiger partial charge in [-0.25, -0.2) is 4.98 Å². The number of aromatic nitrogens is 2. The van der Waals surface area contributed by atoms with Crippen LogP contribution in [0.1, 0.15) is 61.1 Å². The number of hydrogen-bond donors (Lipinski definition) is 0. The molecule has 0 radical (unpaired) electrons. The number of fused-ring (bicyclic) bond motifs is 9. The molecule has 266 valence electrons. The van der Waals surface area contributed by atoms with Gasteiger partial charge in [0, 0.05) is 39.7 Å². The van der Waals surface area contributed by atoms with Crippen LogP contribution in [-0.4, -0.2) is 22.8 Å². The second-order valence-electron chi connectivity index (χ2n) is 17.7. The molecule has 6 heterocycles. The van der Waals surface area contributed by atoms with Crippen LogP contribution < -0.4 is 37.7 Å². The summed E-state index contributed by atoms with van der Waals surface area (Å²) in [5.41, 5.74) is 26.6. The third-order valence-electron chi connectivity index (χ3n) is 14.0. The Morgan fingerprint density at radius 1 is 0.518 bits per heavy atom. The lowest BCUT2D eigenvalue weighted by molar-refractivity contribution is 0.640. The lowest BCUT2D eigenvalue weighted by Gasteiger charge is -2.51. The third kappa shape index (κ3) is 3.93. The quantitative estimate of drug-likeness (QED) is 0.171. The van der Waals surface area contributed by atoms with E-state index in [1.54, 1.807) is 0 Å². The summed E-state index contributed by atoms with van der Waals surface area (Å²) in [5.74, 6) is 0. The number of rotatable bonds is 2. The molecule has 5 heteroatoms. The van der Waals surface area contributed by atoms with Crippen molar-refractivity contribution in [1.82, 2.24) is 9.38 Å². The van der Waals surface area contributed by atoms with Gasteiger partial charge in [0.05, 0.1) is 11.9 Å². The van der Waals surface area contributed by atoms with Gasteiger partial charge in [0.25, 0.3) is 0 Å². The molecule has 4 aliphatic rings. The van der Waals surface area contributed by atoms with E-state index in [4.69, 9.17) is 0 Å². The molecule has 0 spiro atoms. The minimum atomic E-state index is -0.139. The molecule has 6 aromatic carbocycles. The number of anilines is 3. The van der Waals surface area contributed by atoms with Crippen molar-refractivity contribution in [3.63, 3.8) is 0 Å². The second kappa shape index (κ2) is 10.8. The van der Waals surface area contributed by atoms with E-state index in [1.807, 2.05) is 12.3 Å². The van der Waals surface area contributed by atoms with E-state index in [1.165, 1.54) is 94.3 Å². The van der Waals surface area contributed by atoms with E-state index in [9.17, 15) is 0 Å². The fourth-order valence-corrected chi connectivity index (χ4v) is 11.8. The molecule has 0 saturated carbocycles. The third-order valence-corrected chi connectivity index (χ3v) is 14.0. The van der Waals surface area contributed by atoms with Crippen LogP contribution in [0.4, 0.5) is 17.1 Å². The SMILES string of the molecule is Cc1ccc2c3c1C(C)(C)c1ccccc1B3c1cc(-c3ccc(-c4cnc5ccccn45)cc3)cc3c1N2c1ccc(C)c2c1B3c1ccccc1C2(C)C. The second-order valence-corrected chi connectivity index (χ2v) is 17.7. The van der Waals surface area contributed by atoms with Gasteiger partial charge in [-0.15, -0.1) is 0 Å². The van der Waals surface area contributed by atoms with Crippen molar-refractivity contribution >= 4 is 68.9 Å². The Morgan fingerprint density at radius 3 is 1.61 bits per heavy atom. The van der Waals surface area contributed by atoms with Gasteiger partial charge in [0.15, 0.2) is 0 Å². The summed E-state index contributed by atoms with van der Waals surface area (Å²) in [6.07, 6.45) is 4.08. The predicted octanol–water partition coefficient (Wildman–Crippen LogP) is 7.69. The molecule has 0 unspecified atom stereocenters. The highest BCUT2D eigenvalue weighted by atomic mass is 15.2. The normalized spacial score (nSPS) is 15.9. The Balaban J connectivity index is 1.18. The number of nitrogens with zero attached hydrogens (tertiary/aromatic N) is 3. The van der Waals surface area contributed by atoms with Crippen molar-refractivity contribution in [1.29, 1.82) is 0 Å². The molecule has 0 saturated heterocycles. The first kappa shape index (κ1) is 32.2. The van der Waals surface area contributed by atoms with Gasteiger partial charge in [-0.1, -0.05) is 142 Å². The van der Waals surface area contributed by atoms with Crippen LogP contribution in [0.3, 0.4) is 0 Å². The Bertz CT molecular complexity index is 2880. The van der Waals surface area contributed by atoms with Crippen LogP contribution in [0, 0.1) is 13.8 Å². The molecule has 0 bridgehead atoms. The van der Waals surface area contributed by atoms with Crippen LogP contribution in [0.25, 0.3) is 28.0 Å². The molecule has 8 aromatic rings. The first-order valence-electron chi connectivity index (χ1n) is 20.1. The van der Waals surface area contributed by atoms with Gasteiger partial charge in [-0.2, -0.15) is 0 Å². The Labute approximate surface area is 329 Å². The van der Waals surface area contributed by atoms with Crippen LogP contribution in [0.2, 0.25) is 0 Å². The summed E-state index contributed by atoms with van der Waals surface area (Å²) in [4.78, 5) is 7.37. The van der Waals surface area contributed by atoms with Gasteiger partial charge in [-0.3, -0.25) is 4.40 Å². The van der Waals surface area contributed by atoms with Crippen LogP contribution in [0.5, 0.6) is 0 Å². The molecular weight excluding hydrogens is 676 g/mol. The zero-order valence-electron chi connectivity index (χ0n) is 32.8. The predicted molar refractivity (Wildman–Crippen MR) is 237 cm³/mol. The molecule has 4 aliphatic heterocycles. The lowest BCUT2D eigenvalue weighted by Crippen LogP contribution is -2.70. The average molecular weight is 718 g/mol. The van der Waals surface area contributed by atoms with Crippen molar-refractivity contribution in [2.45, 2.75) is 52.4 Å². The highest BCUT2D eigenvalue weighted by Crippen LogP contribution is 2.47. The first-order chi connectivity index (χ1) is 27.1. The molecule has 0 fully saturated rings. The Morgan fingerprint density at radius 2 is 1.04 bits per heavy atom. The van der Waals surface area contributed by atoms with Crippen molar-refractivity contribution in [3.05, 3.63) is 173 Å². The highest BCUT2D eigenvalue weighted by Gasteiger charge is 2.52. The molecule has 3 nitrogen and oxygen atoms in total. The van der Waals surface area contributed by atoms with Crippen LogP contribution in [0.15, 0.2) is 140 Å². The maximum Gasteiger partial charge on any atom is 0.247 e. The smallest absolute Gasteiger partial charge is 0.247 e. The van der Waals surface area contributed by atoms with Gasteiger partial charge >= 0.3 is 0 Å². The van der Waals surface area contributed by atoms with E-state index in [0.717, 1.165) is 16.9 Å². The minimum absolute atomic E-state index is 0.119. The van der Waals surface area contributed by atoms with E-state index in [0.29, 0.717) is 0 Å². The van der Waals surface area contributed by atoms with E-state index >= 15 is 0 Å². The van der Waals surface area contributed by atoms with Crippen molar-refractivity contribution in [2.75, 3.05) is 4.90 Å². The molecule has 12 rings (SSSR count). The van der Waals surface area contributed by atoms with Crippen molar-refractivity contribution in [3.8, 4) is 22.4 Å². The molecule has 2 aromatic heterocycles. The zero-order valence-corrected chi connectivity index (χ0v) is 32.8. The average Bonchev–Trinajstić information content (AvgIpc) is 3.64. The van der Waals surface area contributed by atoms with Crippen LogP contribution >= 0.6 is 0 Å². The van der Waals surface area contributed by atoms with Crippen molar-refractivity contribution < 1.29 is 0 Å². The number of pyridine rings is 1. The van der Waals surface area contributed by atoms with Gasteiger partial charge in [-0.05, 0) is 104 Å². The maximum atomic E-state index is 4.69. The molecule has 0 aliphatic carbocycles. The summed E-state index contributed by atoms with van der Waals surface area (Å²) in [6.45, 7) is 14.6. The summed E-state index contributed by atoms with van der Waals surface area (Å²) < 4.78 is 2.17. The fourth-order valence-electron chi connectivity index (χ4n) is 11.8. The van der Waals surface area contributed by atoms with E-state index in [2.05, 4.69) is 183 Å². The summed E-state index contributed by atoms with van der Waals surface area (Å²) >= 11 is 0. The molecular formula is C51H41B2N3. The molecule has 0 amide bonds. The summed E-state index contributed by atoms with van der Waals surface area (Å²) in [6, 6.07) is 48.6. The zero-order chi connectivity index (χ0) is 37.8. The largest absolute Gasteiger partial charge is 0.313 e. The monoisotopic (exact) mass is 717 g/mol. The number of hydrogen-bond acceptors (Lipinski definition) is 2. The lowest BCUT2D eigenvalue weighted by atomic mass is 9.26. The maximum absolute atomic E-state index is 4.69. The van der Waals surface area contributed by atoms with Crippen molar-refractivity contribution in [2.24, 2.45) is 0 Å². The van der Waals surface area contributed by atoms with Gasteiger partial charge in [0.1, 0.15) is 5.65 Å². The Hall–Kier alpha value is -6.06. The standard InChI is InChI=1S/C51H41B2N3/c1-30-18-24-41-47-45(30)50(3,4)35-13-7-9-15-37(35)52(47)39-27-34(32-20-22-33(23-21-32)43-29-54-44-17-11-12-26-55(43)44)28-40-49(39)56(41)42-25-19-31(2)46-48(42)53(40)38-16-10-8-14-36(38)51(46,5)6/h7-29H,1-6H3.